The Kier molecular flexibility index (Phi) is 4.11. The molecule has 0 aromatic heterocycles. The number of halogens is 3. The quantitative estimate of drug-likeness (QED) is 0.846. The zero-order valence-corrected chi connectivity index (χ0v) is 9.49. The molecule has 0 fully saturated rings. The first kappa shape index (κ1) is 14.2. The van der Waals surface area contributed by atoms with Crippen molar-refractivity contribution in [2.75, 3.05) is 0 Å². The molecule has 1 aromatic carbocycles. The number of ketones is 1. The number of carbonyl (C=O) groups is 2. The Hall–Kier alpha value is -1.85. The minimum Gasteiger partial charge on any atom is -0.481 e. The highest BCUT2D eigenvalue weighted by atomic mass is 19.4. The lowest BCUT2D eigenvalue weighted by molar-refractivity contribution is -0.141. The second-order valence-electron chi connectivity index (χ2n) is 3.91. The molecule has 0 heterocycles. The van der Waals surface area contributed by atoms with Crippen molar-refractivity contribution in [3.63, 3.8) is 0 Å². The van der Waals surface area contributed by atoms with E-state index in [1.165, 1.54) is 19.1 Å². The van der Waals surface area contributed by atoms with E-state index >= 15 is 0 Å². The third-order valence-electron chi connectivity index (χ3n) is 2.45. The number of carboxylic acid groups (broad SMARTS) is 1. The van der Waals surface area contributed by atoms with Gasteiger partial charge in [0.25, 0.3) is 0 Å². The van der Waals surface area contributed by atoms with Gasteiger partial charge in [0.15, 0.2) is 5.78 Å². The van der Waals surface area contributed by atoms with Crippen molar-refractivity contribution in [2.24, 2.45) is 5.92 Å². The van der Waals surface area contributed by atoms with E-state index in [1.54, 1.807) is 0 Å². The lowest BCUT2D eigenvalue weighted by atomic mass is 9.96. The van der Waals surface area contributed by atoms with Gasteiger partial charge in [-0.05, 0) is 6.07 Å². The summed E-state index contributed by atoms with van der Waals surface area (Å²) in [5.74, 6) is -3.05. The Morgan fingerprint density at radius 2 is 1.83 bits per heavy atom. The van der Waals surface area contributed by atoms with Gasteiger partial charge in [-0.2, -0.15) is 13.2 Å². The summed E-state index contributed by atoms with van der Waals surface area (Å²) in [4.78, 5) is 22.2. The molecule has 0 spiro atoms. The highest BCUT2D eigenvalue weighted by Gasteiger charge is 2.35. The van der Waals surface area contributed by atoms with Crippen LogP contribution in [-0.2, 0) is 11.0 Å². The summed E-state index contributed by atoms with van der Waals surface area (Å²) < 4.78 is 37.9. The number of hydrogen-bond acceptors (Lipinski definition) is 2. The van der Waals surface area contributed by atoms with Crippen LogP contribution in [0.5, 0.6) is 0 Å². The SMILES string of the molecule is CC(CC(=O)c1ccccc1C(F)(F)F)C(=O)O. The Morgan fingerprint density at radius 3 is 2.33 bits per heavy atom. The van der Waals surface area contributed by atoms with Crippen LogP contribution in [0.2, 0.25) is 0 Å². The number of carboxylic acids is 1. The first-order valence-electron chi connectivity index (χ1n) is 5.15. The third kappa shape index (κ3) is 3.32. The predicted octanol–water partition coefficient (Wildman–Crippen LogP) is 3.00. The Morgan fingerprint density at radius 1 is 1.28 bits per heavy atom. The second kappa shape index (κ2) is 5.20. The van der Waals surface area contributed by atoms with E-state index in [0.29, 0.717) is 0 Å². The molecule has 0 aliphatic heterocycles. The Balaban J connectivity index is 3.03. The number of hydrogen-bond donors (Lipinski definition) is 1. The van der Waals surface area contributed by atoms with E-state index in [4.69, 9.17) is 5.11 Å². The van der Waals surface area contributed by atoms with E-state index in [9.17, 15) is 22.8 Å². The smallest absolute Gasteiger partial charge is 0.417 e. The molecule has 6 heteroatoms. The van der Waals surface area contributed by atoms with Crippen LogP contribution in [0.3, 0.4) is 0 Å². The van der Waals surface area contributed by atoms with Crippen molar-refractivity contribution in [3.05, 3.63) is 35.4 Å². The average molecular weight is 260 g/mol. The van der Waals surface area contributed by atoms with E-state index in [1.807, 2.05) is 0 Å². The van der Waals surface area contributed by atoms with E-state index in [-0.39, 0.29) is 0 Å². The summed E-state index contributed by atoms with van der Waals surface area (Å²) in [6.45, 7) is 1.27. The van der Waals surface area contributed by atoms with Crippen molar-refractivity contribution >= 4 is 11.8 Å². The maximum absolute atomic E-state index is 12.6. The number of rotatable bonds is 4. The van der Waals surface area contributed by atoms with Gasteiger partial charge < -0.3 is 5.11 Å². The van der Waals surface area contributed by atoms with Crippen LogP contribution in [-0.4, -0.2) is 16.9 Å². The molecule has 0 bridgehead atoms. The third-order valence-corrected chi connectivity index (χ3v) is 2.45. The summed E-state index contributed by atoms with van der Waals surface area (Å²) in [6.07, 6.45) is -5.08. The van der Waals surface area contributed by atoms with Crippen LogP contribution in [0.1, 0.15) is 29.3 Å². The number of carbonyl (C=O) groups excluding carboxylic acids is 1. The van der Waals surface area contributed by atoms with E-state index < -0.39 is 41.4 Å². The maximum atomic E-state index is 12.6. The number of aliphatic carboxylic acids is 1. The summed E-state index contributed by atoms with van der Waals surface area (Å²) >= 11 is 0. The van der Waals surface area contributed by atoms with Gasteiger partial charge in [0.2, 0.25) is 0 Å². The predicted molar refractivity (Wildman–Crippen MR) is 57.2 cm³/mol. The molecule has 1 aromatic rings. The molecule has 0 amide bonds. The van der Waals surface area contributed by atoms with Crippen molar-refractivity contribution < 1.29 is 27.9 Å². The molecular weight excluding hydrogens is 249 g/mol. The lowest BCUT2D eigenvalue weighted by Gasteiger charge is -2.12. The molecule has 0 saturated carbocycles. The monoisotopic (exact) mass is 260 g/mol. The summed E-state index contributed by atoms with van der Waals surface area (Å²) in [5, 5.41) is 8.63. The summed E-state index contributed by atoms with van der Waals surface area (Å²) in [5.41, 5.74) is -1.52. The first-order chi connectivity index (χ1) is 8.23. The molecule has 18 heavy (non-hydrogen) atoms. The van der Waals surface area contributed by atoms with Crippen LogP contribution in [0.15, 0.2) is 24.3 Å². The molecule has 1 rings (SSSR count). The van der Waals surface area contributed by atoms with Gasteiger partial charge in [0.05, 0.1) is 11.5 Å². The van der Waals surface area contributed by atoms with Crippen LogP contribution >= 0.6 is 0 Å². The number of benzene rings is 1. The fourth-order valence-electron chi connectivity index (χ4n) is 1.45. The lowest BCUT2D eigenvalue weighted by Crippen LogP contribution is -2.18. The highest BCUT2D eigenvalue weighted by molar-refractivity contribution is 5.99. The van der Waals surface area contributed by atoms with Crippen molar-refractivity contribution in [1.82, 2.24) is 0 Å². The minimum absolute atomic E-state index is 0.456. The van der Waals surface area contributed by atoms with Crippen LogP contribution < -0.4 is 0 Å². The van der Waals surface area contributed by atoms with Gasteiger partial charge in [0, 0.05) is 12.0 Å². The summed E-state index contributed by atoms with van der Waals surface area (Å²) in [7, 11) is 0. The fourth-order valence-corrected chi connectivity index (χ4v) is 1.45. The van der Waals surface area contributed by atoms with Crippen molar-refractivity contribution in [1.29, 1.82) is 0 Å². The molecule has 0 radical (unpaired) electrons. The largest absolute Gasteiger partial charge is 0.481 e. The van der Waals surface area contributed by atoms with Gasteiger partial charge in [-0.1, -0.05) is 25.1 Å². The van der Waals surface area contributed by atoms with Gasteiger partial charge in [-0.25, -0.2) is 0 Å². The van der Waals surface area contributed by atoms with E-state index in [2.05, 4.69) is 0 Å². The highest BCUT2D eigenvalue weighted by Crippen LogP contribution is 2.32. The van der Waals surface area contributed by atoms with Crippen LogP contribution in [0.4, 0.5) is 13.2 Å². The second-order valence-corrected chi connectivity index (χ2v) is 3.91. The number of alkyl halides is 3. The molecule has 98 valence electrons. The normalized spacial score (nSPS) is 13.1. The molecule has 1 N–H and O–H groups in total. The average Bonchev–Trinajstić information content (AvgIpc) is 2.27. The van der Waals surface area contributed by atoms with Gasteiger partial charge in [0.1, 0.15) is 0 Å². The van der Waals surface area contributed by atoms with Crippen LogP contribution in [0.25, 0.3) is 0 Å². The molecule has 0 aliphatic carbocycles. The zero-order chi connectivity index (χ0) is 13.9. The molecule has 0 saturated heterocycles. The Labute approximate surface area is 101 Å². The van der Waals surface area contributed by atoms with Crippen LogP contribution in [0, 0.1) is 5.92 Å². The maximum Gasteiger partial charge on any atom is 0.417 e. The molecule has 0 aliphatic rings. The van der Waals surface area contributed by atoms with Crippen molar-refractivity contribution in [2.45, 2.75) is 19.5 Å². The molecule has 1 atom stereocenters. The van der Waals surface area contributed by atoms with Gasteiger partial charge in [-0.3, -0.25) is 9.59 Å². The summed E-state index contributed by atoms with van der Waals surface area (Å²) in [6, 6.07) is 4.35. The Bertz CT molecular complexity index is 466. The van der Waals surface area contributed by atoms with Gasteiger partial charge in [-0.15, -0.1) is 0 Å². The first-order valence-corrected chi connectivity index (χ1v) is 5.15. The number of Topliss-reactive ketones (excluding diaryl/α,β-unsaturated/α-hetero) is 1. The van der Waals surface area contributed by atoms with Gasteiger partial charge >= 0.3 is 12.1 Å². The topological polar surface area (TPSA) is 54.4 Å². The van der Waals surface area contributed by atoms with E-state index in [0.717, 1.165) is 12.1 Å². The molecule has 1 unspecified atom stereocenters. The van der Waals surface area contributed by atoms with Crippen molar-refractivity contribution in [3.8, 4) is 0 Å². The fraction of sp³-hybridized carbons (Fsp3) is 0.333. The zero-order valence-electron chi connectivity index (χ0n) is 9.49. The minimum atomic E-state index is -4.63. The molecular formula is C12H11F3O3. The molecule has 3 nitrogen and oxygen atoms in total. The standard InChI is InChI=1S/C12H11F3O3/c1-7(11(17)18)6-10(16)8-4-2-3-5-9(8)12(13,14)15/h2-5,7H,6H2,1H3,(H,17,18).